The second-order valence-corrected chi connectivity index (χ2v) is 6.19. The minimum Gasteiger partial charge on any atom is -0.493 e. The normalized spacial score (nSPS) is 28.1. The van der Waals surface area contributed by atoms with Crippen molar-refractivity contribution in [1.82, 2.24) is 0 Å². The van der Waals surface area contributed by atoms with Crippen LogP contribution in [0.4, 0.5) is 26.7 Å². The molecule has 0 unspecified atom stereocenters. The van der Waals surface area contributed by atoms with Crippen LogP contribution >= 0.6 is 0 Å². The van der Waals surface area contributed by atoms with Gasteiger partial charge in [-0.3, -0.25) is 0 Å². The van der Waals surface area contributed by atoms with Gasteiger partial charge in [0.05, 0.1) is 19.6 Å². The number of methoxy groups -OCH3 is 1. The number of alkyl halides is 3. The summed E-state index contributed by atoms with van der Waals surface area (Å²) in [7, 11) is 1.05. The van der Waals surface area contributed by atoms with Gasteiger partial charge in [-0.1, -0.05) is 13.0 Å². The second-order valence-electron chi connectivity index (χ2n) is 6.19. The molecule has 1 aliphatic heterocycles. The second kappa shape index (κ2) is 7.49. The summed E-state index contributed by atoms with van der Waals surface area (Å²) in [5, 5.41) is 0. The van der Waals surface area contributed by atoms with Crippen LogP contribution in [-0.4, -0.2) is 37.9 Å². The van der Waals surface area contributed by atoms with Crippen LogP contribution in [0.1, 0.15) is 32.3 Å². The number of halogens is 5. The van der Waals surface area contributed by atoms with Gasteiger partial charge in [0.2, 0.25) is 12.1 Å². The van der Waals surface area contributed by atoms with Crippen molar-refractivity contribution < 1.29 is 45.7 Å². The van der Waals surface area contributed by atoms with Crippen LogP contribution in [0.2, 0.25) is 0 Å². The van der Waals surface area contributed by atoms with E-state index in [1.54, 1.807) is 0 Å². The lowest BCUT2D eigenvalue weighted by atomic mass is 9.79. The number of hydrogen-bond donors (Lipinski definition) is 0. The maximum atomic E-state index is 14.1. The van der Waals surface area contributed by atoms with Crippen molar-refractivity contribution in [2.45, 2.75) is 44.8 Å². The van der Waals surface area contributed by atoms with Gasteiger partial charge in [-0.15, -0.1) is 0 Å². The highest BCUT2D eigenvalue weighted by Crippen LogP contribution is 2.55. The Morgan fingerprint density at radius 2 is 1.93 bits per heavy atom. The third-order valence-electron chi connectivity index (χ3n) is 4.74. The molecule has 1 heterocycles. The Hall–Kier alpha value is -2.10. The van der Waals surface area contributed by atoms with E-state index in [1.807, 2.05) is 0 Å². The highest BCUT2D eigenvalue weighted by atomic mass is 19.4. The molecule has 0 aliphatic carbocycles. The van der Waals surface area contributed by atoms with E-state index in [0.29, 0.717) is 0 Å². The molecule has 1 saturated heterocycles. The Morgan fingerprint density at radius 3 is 2.44 bits per heavy atom. The average Bonchev–Trinajstić information content (AvgIpc) is 2.82. The minimum absolute atomic E-state index is 0.0726. The van der Waals surface area contributed by atoms with Crippen LogP contribution in [-0.2, 0) is 14.2 Å². The Morgan fingerprint density at radius 1 is 1.30 bits per heavy atom. The van der Waals surface area contributed by atoms with Gasteiger partial charge in [0, 0.05) is 11.5 Å². The number of carbonyl (C=O) groups excluding carboxylic acids is 1. The summed E-state index contributed by atoms with van der Waals surface area (Å²) in [5.41, 5.74) is -2.82. The standard InChI is InChI=1S/C17H19F5O5/c1-5-25-15(23)26-14-11(8(2)16(3,27-14)17(20,21)22)9-6-7-10(18)12(19)13(9)24-4/h6-8,11,14H,5H2,1-4H3/t8-,11-,14+,16+/m0/s1. The van der Waals surface area contributed by atoms with Crippen LogP contribution < -0.4 is 4.74 Å². The topological polar surface area (TPSA) is 54.0 Å². The summed E-state index contributed by atoms with van der Waals surface area (Å²) in [6.45, 7) is 3.42. The maximum absolute atomic E-state index is 14.1. The van der Waals surface area contributed by atoms with Gasteiger partial charge >= 0.3 is 12.3 Å². The number of hydrogen-bond acceptors (Lipinski definition) is 5. The Kier molecular flexibility index (Phi) is 5.88. The zero-order valence-electron chi connectivity index (χ0n) is 15.0. The van der Waals surface area contributed by atoms with Crippen molar-refractivity contribution in [3.8, 4) is 5.75 Å². The van der Waals surface area contributed by atoms with Crippen molar-refractivity contribution >= 4 is 6.16 Å². The summed E-state index contributed by atoms with van der Waals surface area (Å²) in [4.78, 5) is 11.6. The van der Waals surface area contributed by atoms with Gasteiger partial charge in [0.1, 0.15) is 0 Å². The number of carbonyl (C=O) groups is 1. The fraction of sp³-hybridized carbons (Fsp3) is 0.588. The van der Waals surface area contributed by atoms with Gasteiger partial charge in [-0.2, -0.15) is 17.6 Å². The molecule has 0 aromatic heterocycles. The van der Waals surface area contributed by atoms with E-state index < -0.39 is 53.4 Å². The van der Waals surface area contributed by atoms with Crippen molar-refractivity contribution in [1.29, 1.82) is 0 Å². The summed E-state index contributed by atoms with van der Waals surface area (Å²) in [6.07, 6.45) is -7.81. The quantitative estimate of drug-likeness (QED) is 0.551. The molecule has 152 valence electrons. The van der Waals surface area contributed by atoms with Crippen LogP contribution in [0.15, 0.2) is 12.1 Å². The third kappa shape index (κ3) is 3.67. The lowest BCUT2D eigenvalue weighted by Gasteiger charge is -2.31. The van der Waals surface area contributed by atoms with E-state index in [4.69, 9.17) is 14.2 Å². The van der Waals surface area contributed by atoms with Gasteiger partial charge in [0.25, 0.3) is 0 Å². The first-order valence-electron chi connectivity index (χ1n) is 8.07. The Bertz CT molecular complexity index is 708. The lowest BCUT2D eigenvalue weighted by Crippen LogP contribution is -2.47. The molecular weight excluding hydrogens is 379 g/mol. The molecule has 1 aromatic carbocycles. The van der Waals surface area contributed by atoms with E-state index >= 15 is 0 Å². The molecule has 2 rings (SSSR count). The Labute approximate surface area is 152 Å². The molecule has 0 N–H and O–H groups in total. The van der Waals surface area contributed by atoms with E-state index in [0.717, 1.165) is 26.2 Å². The van der Waals surface area contributed by atoms with E-state index in [9.17, 15) is 26.7 Å². The van der Waals surface area contributed by atoms with Crippen LogP contribution in [0.3, 0.4) is 0 Å². The molecule has 1 aliphatic rings. The summed E-state index contributed by atoms with van der Waals surface area (Å²) >= 11 is 0. The summed E-state index contributed by atoms with van der Waals surface area (Å²) in [5.74, 6) is -5.79. The van der Waals surface area contributed by atoms with Gasteiger partial charge in [0.15, 0.2) is 17.2 Å². The maximum Gasteiger partial charge on any atom is 0.510 e. The third-order valence-corrected chi connectivity index (χ3v) is 4.74. The number of rotatable bonds is 4. The average molecular weight is 398 g/mol. The van der Waals surface area contributed by atoms with Crippen LogP contribution in [0.5, 0.6) is 5.75 Å². The van der Waals surface area contributed by atoms with E-state index in [-0.39, 0.29) is 12.2 Å². The van der Waals surface area contributed by atoms with E-state index in [1.165, 1.54) is 13.8 Å². The van der Waals surface area contributed by atoms with Gasteiger partial charge in [-0.25, -0.2) is 9.18 Å². The monoisotopic (exact) mass is 398 g/mol. The fourth-order valence-electron chi connectivity index (χ4n) is 3.10. The largest absolute Gasteiger partial charge is 0.510 e. The molecule has 0 radical (unpaired) electrons. The van der Waals surface area contributed by atoms with Crippen molar-refractivity contribution in [2.24, 2.45) is 5.92 Å². The minimum atomic E-state index is -4.82. The van der Waals surface area contributed by atoms with Gasteiger partial charge < -0.3 is 18.9 Å². The highest BCUT2D eigenvalue weighted by Gasteiger charge is 2.65. The molecular formula is C17H19F5O5. The zero-order chi connectivity index (χ0) is 20.6. The highest BCUT2D eigenvalue weighted by molar-refractivity contribution is 5.60. The summed E-state index contributed by atoms with van der Waals surface area (Å²) < 4.78 is 87.8. The molecule has 0 amide bonds. The molecule has 0 bridgehead atoms. The molecule has 5 nitrogen and oxygen atoms in total. The molecule has 27 heavy (non-hydrogen) atoms. The van der Waals surface area contributed by atoms with Crippen molar-refractivity contribution in [2.75, 3.05) is 13.7 Å². The van der Waals surface area contributed by atoms with Crippen molar-refractivity contribution in [3.63, 3.8) is 0 Å². The molecule has 0 spiro atoms. The fourth-order valence-corrected chi connectivity index (χ4v) is 3.10. The lowest BCUT2D eigenvalue weighted by molar-refractivity contribution is -0.292. The molecule has 4 atom stereocenters. The molecule has 1 aromatic rings. The first-order valence-corrected chi connectivity index (χ1v) is 8.07. The molecule has 1 fully saturated rings. The van der Waals surface area contributed by atoms with Crippen LogP contribution in [0, 0.1) is 17.6 Å². The first-order chi connectivity index (χ1) is 12.5. The SMILES string of the molecule is CCOC(=O)O[C@@H]1O[C@@](C)(C(F)(F)F)[C@@H](C)[C@H]1c1ccc(F)c(F)c1OC. The van der Waals surface area contributed by atoms with Crippen LogP contribution in [0.25, 0.3) is 0 Å². The molecule has 0 saturated carbocycles. The summed E-state index contributed by atoms with van der Waals surface area (Å²) in [6, 6.07) is 1.83. The predicted octanol–water partition coefficient (Wildman–Crippen LogP) is 4.54. The zero-order valence-corrected chi connectivity index (χ0v) is 15.0. The smallest absolute Gasteiger partial charge is 0.493 e. The predicted molar refractivity (Wildman–Crippen MR) is 82.3 cm³/mol. The first kappa shape index (κ1) is 21.2. The van der Waals surface area contributed by atoms with Crippen molar-refractivity contribution in [3.05, 3.63) is 29.3 Å². The van der Waals surface area contributed by atoms with E-state index in [2.05, 4.69) is 4.74 Å². The number of benzene rings is 1. The Balaban J connectivity index is 2.55. The number of ether oxygens (including phenoxy) is 4. The molecule has 10 heteroatoms. The van der Waals surface area contributed by atoms with Gasteiger partial charge in [-0.05, 0) is 19.9 Å².